The van der Waals surface area contributed by atoms with Crippen molar-refractivity contribution >= 4 is 21.4 Å². The second-order valence-electron chi connectivity index (χ2n) is 2.94. The van der Waals surface area contributed by atoms with Crippen LogP contribution >= 0.6 is 11.3 Å². The van der Waals surface area contributed by atoms with Crippen LogP contribution in [0, 0.1) is 6.92 Å². The van der Waals surface area contributed by atoms with Crippen LogP contribution in [0.1, 0.15) is 23.7 Å². The van der Waals surface area contributed by atoms with Crippen LogP contribution < -0.4 is 4.72 Å². The average molecular weight is 220 g/mol. The molecule has 0 aliphatic heterocycles. The van der Waals surface area contributed by atoms with Gasteiger partial charge in [0, 0.05) is 11.1 Å². The molecule has 13 heavy (non-hydrogen) atoms. The van der Waals surface area contributed by atoms with Crippen molar-refractivity contribution in [2.45, 2.75) is 19.9 Å². The summed E-state index contributed by atoms with van der Waals surface area (Å²) in [5.41, 5.74) is 0.919. The van der Waals surface area contributed by atoms with Gasteiger partial charge in [0.25, 0.3) is 0 Å². The molecule has 0 fully saturated rings. The summed E-state index contributed by atoms with van der Waals surface area (Å²) >= 11 is 1.46. The molecular weight excluding hydrogens is 208 g/mol. The molecule has 1 aromatic rings. The molecule has 0 radical (unpaired) electrons. The monoisotopic (exact) mass is 220 g/mol. The van der Waals surface area contributed by atoms with Gasteiger partial charge >= 0.3 is 0 Å². The zero-order valence-electron chi connectivity index (χ0n) is 7.73. The number of nitrogens with one attached hydrogen (secondary N) is 1. The summed E-state index contributed by atoms with van der Waals surface area (Å²) in [5, 5.41) is 2.69. The lowest BCUT2D eigenvalue weighted by Crippen LogP contribution is -2.25. The van der Waals surface area contributed by atoms with Gasteiger partial charge in [-0.05, 0) is 13.8 Å². The SMILES string of the molecule is Cc1csc(C(C)NS(C)(=O)=O)n1. The average Bonchev–Trinajstić information content (AvgIpc) is 2.31. The van der Waals surface area contributed by atoms with Gasteiger partial charge in [-0.25, -0.2) is 18.1 Å². The van der Waals surface area contributed by atoms with Gasteiger partial charge in [0.05, 0.1) is 12.3 Å². The highest BCUT2D eigenvalue weighted by Gasteiger charge is 2.13. The number of sulfonamides is 1. The third-order valence-electron chi connectivity index (χ3n) is 1.40. The molecule has 1 N–H and O–H groups in total. The minimum absolute atomic E-state index is 0.242. The van der Waals surface area contributed by atoms with Crippen LogP contribution in [0.5, 0.6) is 0 Å². The van der Waals surface area contributed by atoms with Gasteiger partial charge in [0.15, 0.2) is 0 Å². The Balaban J connectivity index is 2.75. The topological polar surface area (TPSA) is 59.1 Å². The Morgan fingerprint density at radius 3 is 2.62 bits per heavy atom. The first-order valence-electron chi connectivity index (χ1n) is 3.78. The number of hydrogen-bond acceptors (Lipinski definition) is 4. The first-order chi connectivity index (χ1) is 5.88. The summed E-state index contributed by atoms with van der Waals surface area (Å²) in [6, 6.07) is -0.242. The van der Waals surface area contributed by atoms with Crippen LogP contribution in [0.15, 0.2) is 5.38 Å². The molecular formula is C7H12N2O2S2. The molecule has 0 aliphatic rings. The number of aromatic nitrogens is 1. The largest absolute Gasteiger partial charge is 0.245 e. The van der Waals surface area contributed by atoms with Gasteiger partial charge in [-0.15, -0.1) is 11.3 Å². The number of hydrogen-bond donors (Lipinski definition) is 1. The lowest BCUT2D eigenvalue weighted by Gasteiger charge is -2.07. The van der Waals surface area contributed by atoms with Crippen molar-refractivity contribution in [2.24, 2.45) is 0 Å². The van der Waals surface area contributed by atoms with Crippen molar-refractivity contribution in [1.82, 2.24) is 9.71 Å². The van der Waals surface area contributed by atoms with Gasteiger partial charge in [-0.1, -0.05) is 0 Å². The lowest BCUT2D eigenvalue weighted by molar-refractivity contribution is 0.572. The number of nitrogens with zero attached hydrogens (tertiary/aromatic N) is 1. The molecule has 0 spiro atoms. The zero-order valence-corrected chi connectivity index (χ0v) is 9.37. The molecule has 1 aromatic heterocycles. The molecule has 0 saturated carbocycles. The van der Waals surface area contributed by atoms with Crippen LogP contribution in [0.25, 0.3) is 0 Å². The minimum Gasteiger partial charge on any atom is -0.245 e. The lowest BCUT2D eigenvalue weighted by atomic mass is 10.4. The zero-order chi connectivity index (χ0) is 10.1. The Kier molecular flexibility index (Phi) is 3.05. The van der Waals surface area contributed by atoms with Crippen molar-refractivity contribution in [3.05, 3.63) is 16.1 Å². The fourth-order valence-corrected chi connectivity index (χ4v) is 2.57. The third kappa shape index (κ3) is 3.41. The Labute approximate surface area is 82.1 Å². The van der Waals surface area contributed by atoms with Crippen molar-refractivity contribution in [1.29, 1.82) is 0 Å². The summed E-state index contributed by atoms with van der Waals surface area (Å²) < 4.78 is 24.2. The maximum Gasteiger partial charge on any atom is 0.209 e. The maximum absolute atomic E-state index is 10.9. The third-order valence-corrected chi connectivity index (χ3v) is 3.33. The molecule has 0 aliphatic carbocycles. The molecule has 1 rings (SSSR count). The Morgan fingerprint density at radius 1 is 1.62 bits per heavy atom. The first-order valence-corrected chi connectivity index (χ1v) is 6.55. The van der Waals surface area contributed by atoms with Crippen LogP contribution in [-0.2, 0) is 10.0 Å². The Hall–Kier alpha value is -0.460. The van der Waals surface area contributed by atoms with E-state index in [2.05, 4.69) is 9.71 Å². The van der Waals surface area contributed by atoms with Gasteiger partial charge in [-0.3, -0.25) is 0 Å². The molecule has 0 aromatic carbocycles. The van der Waals surface area contributed by atoms with E-state index in [0.717, 1.165) is 17.0 Å². The summed E-state index contributed by atoms with van der Waals surface area (Å²) in [4.78, 5) is 4.19. The summed E-state index contributed by atoms with van der Waals surface area (Å²) in [5.74, 6) is 0. The minimum atomic E-state index is -3.15. The second-order valence-corrected chi connectivity index (χ2v) is 5.61. The van der Waals surface area contributed by atoms with Crippen LogP contribution in [0.4, 0.5) is 0 Å². The fraction of sp³-hybridized carbons (Fsp3) is 0.571. The standard InChI is InChI=1S/C7H12N2O2S2/c1-5-4-12-7(8-5)6(2)9-13(3,10)11/h4,6,9H,1-3H3. The van der Waals surface area contributed by atoms with Gasteiger partial charge in [-0.2, -0.15) is 0 Å². The highest BCUT2D eigenvalue weighted by atomic mass is 32.2. The van der Waals surface area contributed by atoms with E-state index in [9.17, 15) is 8.42 Å². The van der Waals surface area contributed by atoms with E-state index in [0.29, 0.717) is 0 Å². The van der Waals surface area contributed by atoms with E-state index in [1.54, 1.807) is 6.92 Å². The van der Waals surface area contributed by atoms with Gasteiger partial charge in [0.1, 0.15) is 5.01 Å². The Morgan fingerprint density at radius 2 is 2.23 bits per heavy atom. The van der Waals surface area contributed by atoms with E-state index < -0.39 is 10.0 Å². The predicted octanol–water partition coefficient (Wildman–Crippen LogP) is 1.06. The highest BCUT2D eigenvalue weighted by molar-refractivity contribution is 7.88. The van der Waals surface area contributed by atoms with E-state index in [1.165, 1.54) is 11.3 Å². The molecule has 0 saturated heterocycles. The summed E-state index contributed by atoms with van der Waals surface area (Å²) in [7, 11) is -3.15. The van der Waals surface area contributed by atoms with Crippen molar-refractivity contribution in [3.8, 4) is 0 Å². The van der Waals surface area contributed by atoms with E-state index in [4.69, 9.17) is 0 Å². The predicted molar refractivity (Wildman–Crippen MR) is 53.2 cm³/mol. The van der Waals surface area contributed by atoms with Crippen molar-refractivity contribution < 1.29 is 8.42 Å². The summed E-state index contributed by atoms with van der Waals surface area (Å²) in [6.07, 6.45) is 1.14. The molecule has 1 heterocycles. The van der Waals surface area contributed by atoms with E-state index in [1.807, 2.05) is 12.3 Å². The molecule has 1 unspecified atom stereocenters. The molecule has 0 amide bonds. The van der Waals surface area contributed by atoms with Crippen LogP contribution in [0.3, 0.4) is 0 Å². The smallest absolute Gasteiger partial charge is 0.209 e. The van der Waals surface area contributed by atoms with Crippen molar-refractivity contribution in [2.75, 3.05) is 6.26 Å². The number of thiazole rings is 1. The number of rotatable bonds is 3. The highest BCUT2D eigenvalue weighted by Crippen LogP contribution is 2.17. The first kappa shape index (κ1) is 10.6. The molecule has 74 valence electrons. The number of aryl methyl sites for hydroxylation is 1. The van der Waals surface area contributed by atoms with Gasteiger partial charge < -0.3 is 0 Å². The summed E-state index contributed by atoms with van der Waals surface area (Å²) in [6.45, 7) is 3.66. The fourth-order valence-electron chi connectivity index (χ4n) is 0.943. The van der Waals surface area contributed by atoms with Gasteiger partial charge in [0.2, 0.25) is 10.0 Å². The quantitative estimate of drug-likeness (QED) is 0.828. The van der Waals surface area contributed by atoms with Crippen LogP contribution in [0.2, 0.25) is 0 Å². The normalized spacial score (nSPS) is 14.4. The molecule has 1 atom stereocenters. The molecule has 6 heteroatoms. The second kappa shape index (κ2) is 3.73. The molecule has 4 nitrogen and oxygen atoms in total. The van der Waals surface area contributed by atoms with E-state index in [-0.39, 0.29) is 6.04 Å². The Bertz CT molecular complexity index is 383. The maximum atomic E-state index is 10.9. The van der Waals surface area contributed by atoms with Crippen LogP contribution in [-0.4, -0.2) is 19.7 Å². The van der Waals surface area contributed by atoms with E-state index >= 15 is 0 Å². The van der Waals surface area contributed by atoms with Crippen molar-refractivity contribution in [3.63, 3.8) is 0 Å². The molecule has 0 bridgehead atoms.